The van der Waals surface area contributed by atoms with Crippen LogP contribution in [0.3, 0.4) is 0 Å². The average Bonchev–Trinajstić information content (AvgIpc) is 2.49. The first-order chi connectivity index (χ1) is 10.1. The number of nitrogens with one attached hydrogen (secondary N) is 2. The van der Waals surface area contributed by atoms with E-state index in [0.29, 0.717) is 28.8 Å². The predicted octanol–water partition coefficient (Wildman–Crippen LogP) is 2.80. The minimum atomic E-state index is -0.273. The molecule has 21 heavy (non-hydrogen) atoms. The summed E-state index contributed by atoms with van der Waals surface area (Å²) >= 11 is 11.9. The Kier molecular flexibility index (Phi) is 5.36. The maximum absolute atomic E-state index is 11.9. The maximum Gasteiger partial charge on any atom is 0.271 e. The van der Waals surface area contributed by atoms with Gasteiger partial charge in [0.1, 0.15) is 11.5 Å². The van der Waals surface area contributed by atoms with Gasteiger partial charge >= 0.3 is 0 Å². The number of anilines is 1. The fraction of sp³-hybridized carbons (Fsp3) is 0.214. The molecule has 0 spiro atoms. The highest BCUT2D eigenvalue weighted by Crippen LogP contribution is 2.21. The van der Waals surface area contributed by atoms with E-state index in [4.69, 9.17) is 23.2 Å². The lowest BCUT2D eigenvalue weighted by molar-refractivity contribution is 0.0949. The summed E-state index contributed by atoms with van der Waals surface area (Å²) in [7, 11) is 1.72. The van der Waals surface area contributed by atoms with Gasteiger partial charge in [-0.2, -0.15) is 0 Å². The number of benzene rings is 1. The molecule has 0 radical (unpaired) electrons. The molecule has 110 valence electrons. The van der Waals surface area contributed by atoms with Crippen LogP contribution in [0, 0.1) is 0 Å². The third-order valence-electron chi connectivity index (χ3n) is 2.82. The molecule has 1 aromatic carbocycles. The van der Waals surface area contributed by atoms with Gasteiger partial charge in [0.05, 0.1) is 12.4 Å². The van der Waals surface area contributed by atoms with Crippen LogP contribution in [-0.2, 0) is 6.42 Å². The second-order valence-corrected chi connectivity index (χ2v) is 5.12. The van der Waals surface area contributed by atoms with Gasteiger partial charge < -0.3 is 10.6 Å². The maximum atomic E-state index is 11.9. The molecule has 0 aliphatic heterocycles. The van der Waals surface area contributed by atoms with Gasteiger partial charge in [-0.15, -0.1) is 0 Å². The number of hydrogen-bond donors (Lipinski definition) is 2. The van der Waals surface area contributed by atoms with Crippen molar-refractivity contribution >= 4 is 34.9 Å². The van der Waals surface area contributed by atoms with Crippen LogP contribution in [0.15, 0.2) is 30.6 Å². The lowest BCUT2D eigenvalue weighted by Crippen LogP contribution is -2.27. The molecule has 0 unspecified atom stereocenters. The minimum Gasteiger partial charge on any atom is -0.372 e. The van der Waals surface area contributed by atoms with Gasteiger partial charge in [-0.05, 0) is 24.1 Å². The second-order valence-electron chi connectivity index (χ2n) is 4.28. The largest absolute Gasteiger partial charge is 0.372 e. The van der Waals surface area contributed by atoms with Gasteiger partial charge in [-0.1, -0.05) is 29.3 Å². The van der Waals surface area contributed by atoms with Crippen LogP contribution >= 0.6 is 23.2 Å². The van der Waals surface area contributed by atoms with Gasteiger partial charge in [0.25, 0.3) is 5.91 Å². The quantitative estimate of drug-likeness (QED) is 0.887. The molecule has 2 rings (SSSR count). The molecule has 5 nitrogen and oxygen atoms in total. The number of amides is 1. The van der Waals surface area contributed by atoms with Crippen LogP contribution in [0.5, 0.6) is 0 Å². The number of hydrogen-bond acceptors (Lipinski definition) is 4. The molecule has 0 bridgehead atoms. The summed E-state index contributed by atoms with van der Waals surface area (Å²) in [4.78, 5) is 20.0. The molecule has 0 fully saturated rings. The van der Waals surface area contributed by atoms with Crippen LogP contribution in [0.4, 0.5) is 5.82 Å². The lowest BCUT2D eigenvalue weighted by Gasteiger charge is -2.07. The fourth-order valence-electron chi connectivity index (χ4n) is 1.72. The van der Waals surface area contributed by atoms with Crippen LogP contribution in [0.25, 0.3) is 0 Å². The van der Waals surface area contributed by atoms with E-state index >= 15 is 0 Å². The van der Waals surface area contributed by atoms with Crippen molar-refractivity contribution in [2.24, 2.45) is 0 Å². The first-order valence-electron chi connectivity index (χ1n) is 6.32. The third kappa shape index (κ3) is 4.31. The van der Waals surface area contributed by atoms with E-state index in [1.165, 1.54) is 6.20 Å². The Bertz CT molecular complexity index is 649. The number of aromatic nitrogens is 2. The standard InChI is InChI=1S/C14H14Cl2N4O/c1-17-13-8-18-7-12(20-13)14(21)19-5-4-9-2-3-10(15)6-11(9)16/h2-3,6-8H,4-5H2,1H3,(H,17,20)(H,19,21). The van der Waals surface area contributed by atoms with Crippen molar-refractivity contribution in [2.45, 2.75) is 6.42 Å². The van der Waals surface area contributed by atoms with Gasteiger partial charge in [0.15, 0.2) is 0 Å². The number of carbonyl (C=O) groups is 1. The van der Waals surface area contributed by atoms with Gasteiger partial charge in [0.2, 0.25) is 0 Å². The van der Waals surface area contributed by atoms with E-state index in [1.54, 1.807) is 25.4 Å². The Hall–Kier alpha value is -1.85. The van der Waals surface area contributed by atoms with E-state index in [0.717, 1.165) is 5.56 Å². The van der Waals surface area contributed by atoms with Crippen molar-refractivity contribution in [3.63, 3.8) is 0 Å². The van der Waals surface area contributed by atoms with Crippen LogP contribution < -0.4 is 10.6 Å². The number of carbonyl (C=O) groups excluding carboxylic acids is 1. The summed E-state index contributed by atoms with van der Waals surface area (Å²) in [5, 5.41) is 6.79. The van der Waals surface area contributed by atoms with Crippen molar-refractivity contribution < 1.29 is 4.79 Å². The van der Waals surface area contributed by atoms with E-state index in [2.05, 4.69) is 20.6 Å². The summed E-state index contributed by atoms with van der Waals surface area (Å²) in [6.07, 6.45) is 3.58. The summed E-state index contributed by atoms with van der Waals surface area (Å²) in [5.41, 5.74) is 1.19. The molecule has 0 saturated heterocycles. The van der Waals surface area contributed by atoms with Gasteiger partial charge in [-0.25, -0.2) is 4.98 Å². The zero-order valence-corrected chi connectivity index (χ0v) is 12.9. The third-order valence-corrected chi connectivity index (χ3v) is 3.41. The van der Waals surface area contributed by atoms with E-state index in [9.17, 15) is 4.79 Å². The van der Waals surface area contributed by atoms with E-state index < -0.39 is 0 Å². The van der Waals surface area contributed by atoms with Crippen LogP contribution in [0.1, 0.15) is 16.1 Å². The molecule has 1 amide bonds. The smallest absolute Gasteiger partial charge is 0.271 e. The highest BCUT2D eigenvalue weighted by molar-refractivity contribution is 6.35. The number of nitrogens with zero attached hydrogens (tertiary/aromatic N) is 2. The van der Waals surface area contributed by atoms with Gasteiger partial charge in [-0.3, -0.25) is 9.78 Å². The first-order valence-corrected chi connectivity index (χ1v) is 7.07. The Morgan fingerprint density at radius 2 is 2.10 bits per heavy atom. The molecule has 2 N–H and O–H groups in total. The molecular formula is C14H14Cl2N4O. The summed E-state index contributed by atoms with van der Waals surface area (Å²) < 4.78 is 0. The zero-order chi connectivity index (χ0) is 15.2. The van der Waals surface area contributed by atoms with Crippen LogP contribution in [0.2, 0.25) is 10.0 Å². The van der Waals surface area contributed by atoms with Crippen molar-refractivity contribution in [3.8, 4) is 0 Å². The normalized spacial score (nSPS) is 10.2. The van der Waals surface area contributed by atoms with Crippen molar-refractivity contribution in [3.05, 3.63) is 51.9 Å². The number of halogens is 2. The molecule has 2 aromatic rings. The van der Waals surface area contributed by atoms with E-state index in [-0.39, 0.29) is 11.6 Å². The summed E-state index contributed by atoms with van der Waals surface area (Å²) in [5.74, 6) is 0.271. The van der Waals surface area contributed by atoms with Gasteiger partial charge in [0, 0.05) is 23.6 Å². The van der Waals surface area contributed by atoms with E-state index in [1.807, 2.05) is 6.07 Å². The molecule has 7 heteroatoms. The summed E-state index contributed by atoms with van der Waals surface area (Å²) in [6.45, 7) is 0.450. The highest BCUT2D eigenvalue weighted by atomic mass is 35.5. The number of rotatable bonds is 5. The van der Waals surface area contributed by atoms with Crippen molar-refractivity contribution in [1.29, 1.82) is 0 Å². The molecule has 1 heterocycles. The first kappa shape index (κ1) is 15.5. The molecular weight excluding hydrogens is 311 g/mol. The average molecular weight is 325 g/mol. The minimum absolute atomic E-state index is 0.268. The Morgan fingerprint density at radius 3 is 2.81 bits per heavy atom. The fourth-order valence-corrected chi connectivity index (χ4v) is 2.22. The second kappa shape index (κ2) is 7.24. The van der Waals surface area contributed by atoms with Crippen molar-refractivity contribution in [1.82, 2.24) is 15.3 Å². The topological polar surface area (TPSA) is 66.9 Å². The molecule has 0 atom stereocenters. The Morgan fingerprint density at radius 1 is 1.29 bits per heavy atom. The zero-order valence-electron chi connectivity index (χ0n) is 11.4. The Balaban J connectivity index is 1.92. The lowest BCUT2D eigenvalue weighted by atomic mass is 10.1. The van der Waals surface area contributed by atoms with Crippen molar-refractivity contribution in [2.75, 3.05) is 18.9 Å². The highest BCUT2D eigenvalue weighted by Gasteiger charge is 2.08. The SMILES string of the molecule is CNc1cncc(C(=O)NCCc2ccc(Cl)cc2Cl)n1. The van der Waals surface area contributed by atoms with Crippen LogP contribution in [-0.4, -0.2) is 29.5 Å². The molecule has 0 aliphatic rings. The predicted molar refractivity (Wildman–Crippen MR) is 84.1 cm³/mol. The monoisotopic (exact) mass is 324 g/mol. The summed E-state index contributed by atoms with van der Waals surface area (Å²) in [6, 6.07) is 5.30. The molecule has 0 aliphatic carbocycles. The Labute approximate surface area is 132 Å². The molecule has 0 saturated carbocycles. The molecule has 1 aromatic heterocycles.